The summed E-state index contributed by atoms with van der Waals surface area (Å²) in [4.78, 5) is 34.4. The molecular formula is C22H21N5O2. The highest BCUT2D eigenvalue weighted by Gasteiger charge is 2.22. The van der Waals surface area contributed by atoms with Crippen LogP contribution in [-0.2, 0) is 17.8 Å². The summed E-state index contributed by atoms with van der Waals surface area (Å²) in [5.41, 5.74) is 4.24. The van der Waals surface area contributed by atoms with Crippen molar-refractivity contribution >= 4 is 29.0 Å². The van der Waals surface area contributed by atoms with E-state index in [1.165, 1.54) is 30.4 Å². The van der Waals surface area contributed by atoms with Gasteiger partial charge in [-0.2, -0.15) is 0 Å². The Morgan fingerprint density at radius 3 is 2.52 bits per heavy atom. The summed E-state index contributed by atoms with van der Waals surface area (Å²) in [7, 11) is 0. The Labute approximate surface area is 168 Å². The molecular weight excluding hydrogens is 366 g/mol. The van der Waals surface area contributed by atoms with Crippen LogP contribution in [0.1, 0.15) is 28.5 Å². The van der Waals surface area contributed by atoms with Crippen molar-refractivity contribution in [2.45, 2.75) is 19.9 Å². The second-order valence-electron chi connectivity index (χ2n) is 6.92. The number of carbonyl (C=O) groups excluding carboxylic acids is 2. The van der Waals surface area contributed by atoms with Crippen LogP contribution in [0.3, 0.4) is 0 Å². The number of nitrogens with zero attached hydrogens (tertiary/aromatic N) is 3. The van der Waals surface area contributed by atoms with Crippen LogP contribution in [0.25, 0.3) is 0 Å². The number of rotatable bonds is 4. The molecule has 0 atom stereocenters. The molecule has 1 aliphatic heterocycles. The Kier molecular flexibility index (Phi) is 5.20. The largest absolute Gasteiger partial charge is 0.339 e. The van der Waals surface area contributed by atoms with E-state index in [0.717, 1.165) is 12.1 Å². The fourth-order valence-electron chi connectivity index (χ4n) is 3.36. The number of fused-ring (bicyclic) bond motifs is 1. The van der Waals surface area contributed by atoms with E-state index in [-0.39, 0.29) is 11.8 Å². The van der Waals surface area contributed by atoms with Crippen molar-refractivity contribution < 1.29 is 9.59 Å². The van der Waals surface area contributed by atoms with E-state index >= 15 is 0 Å². The topological polar surface area (TPSA) is 87.2 Å². The van der Waals surface area contributed by atoms with Crippen LogP contribution in [0, 0.1) is 0 Å². The van der Waals surface area contributed by atoms with Crippen LogP contribution in [0.4, 0.5) is 17.2 Å². The van der Waals surface area contributed by atoms with Crippen molar-refractivity contribution in [3.63, 3.8) is 0 Å². The predicted molar refractivity (Wildman–Crippen MR) is 111 cm³/mol. The van der Waals surface area contributed by atoms with E-state index < -0.39 is 0 Å². The van der Waals surface area contributed by atoms with Gasteiger partial charge in [0.15, 0.2) is 0 Å². The molecule has 146 valence electrons. The second-order valence-corrected chi connectivity index (χ2v) is 6.92. The number of anilines is 3. The van der Waals surface area contributed by atoms with Crippen molar-refractivity contribution in [3.05, 3.63) is 77.7 Å². The summed E-state index contributed by atoms with van der Waals surface area (Å²) >= 11 is 0. The molecule has 29 heavy (non-hydrogen) atoms. The lowest BCUT2D eigenvalue weighted by atomic mass is 10.00. The van der Waals surface area contributed by atoms with E-state index in [1.807, 2.05) is 24.3 Å². The molecule has 1 aromatic heterocycles. The van der Waals surface area contributed by atoms with Crippen molar-refractivity contribution in [2.75, 3.05) is 17.2 Å². The van der Waals surface area contributed by atoms with Crippen LogP contribution < -0.4 is 10.6 Å². The Morgan fingerprint density at radius 2 is 1.76 bits per heavy atom. The highest BCUT2D eigenvalue weighted by atomic mass is 16.2. The smallest absolute Gasteiger partial charge is 0.274 e. The van der Waals surface area contributed by atoms with Gasteiger partial charge < -0.3 is 15.5 Å². The van der Waals surface area contributed by atoms with Crippen molar-refractivity contribution in [3.8, 4) is 0 Å². The normalized spacial score (nSPS) is 12.8. The van der Waals surface area contributed by atoms with Gasteiger partial charge in [0.05, 0.1) is 12.4 Å². The van der Waals surface area contributed by atoms with Gasteiger partial charge in [-0.05, 0) is 35.7 Å². The highest BCUT2D eigenvalue weighted by Crippen LogP contribution is 2.21. The fraction of sp³-hybridized carbons (Fsp3) is 0.182. The molecule has 3 aromatic rings. The fourth-order valence-corrected chi connectivity index (χ4v) is 3.36. The van der Waals surface area contributed by atoms with Crippen LogP contribution in [0.2, 0.25) is 0 Å². The molecule has 0 radical (unpaired) electrons. The molecule has 2 heterocycles. The standard InChI is InChI=1S/C22H21N5O2/c1-15(28)25-18-7-4-8-19(11-18)26-21-13-23-20(12-24-21)22(29)27-10-9-16-5-2-3-6-17(16)14-27/h2-8,11-13H,9-10,14H2,1H3,(H,24,26)(H,25,28). The maximum atomic E-state index is 12.8. The van der Waals surface area contributed by atoms with Crippen molar-refractivity contribution in [1.82, 2.24) is 14.9 Å². The summed E-state index contributed by atoms with van der Waals surface area (Å²) < 4.78 is 0. The predicted octanol–water partition coefficient (Wildman–Crippen LogP) is 3.38. The van der Waals surface area contributed by atoms with Gasteiger partial charge in [0.2, 0.25) is 5.91 Å². The Balaban J connectivity index is 1.43. The zero-order chi connectivity index (χ0) is 20.2. The van der Waals surface area contributed by atoms with E-state index in [4.69, 9.17) is 0 Å². The van der Waals surface area contributed by atoms with Crippen molar-refractivity contribution in [2.24, 2.45) is 0 Å². The number of carbonyl (C=O) groups is 2. The lowest BCUT2D eigenvalue weighted by Gasteiger charge is -2.28. The number of hydrogen-bond donors (Lipinski definition) is 2. The number of aromatic nitrogens is 2. The average molecular weight is 387 g/mol. The summed E-state index contributed by atoms with van der Waals surface area (Å²) in [5, 5.41) is 5.86. The van der Waals surface area contributed by atoms with Gasteiger partial charge >= 0.3 is 0 Å². The SMILES string of the molecule is CC(=O)Nc1cccc(Nc2cnc(C(=O)N3CCc4ccccc4C3)cn2)c1. The second kappa shape index (κ2) is 8.10. The van der Waals surface area contributed by atoms with Gasteiger partial charge in [0, 0.05) is 31.4 Å². The molecule has 0 saturated carbocycles. The van der Waals surface area contributed by atoms with E-state index in [9.17, 15) is 9.59 Å². The molecule has 2 aromatic carbocycles. The van der Waals surface area contributed by atoms with Crippen molar-refractivity contribution in [1.29, 1.82) is 0 Å². The van der Waals surface area contributed by atoms with E-state index in [1.54, 1.807) is 17.0 Å². The van der Waals surface area contributed by atoms with Gasteiger partial charge in [-0.3, -0.25) is 9.59 Å². The van der Waals surface area contributed by atoms with Crippen LogP contribution in [-0.4, -0.2) is 33.2 Å². The molecule has 0 aliphatic carbocycles. The molecule has 0 unspecified atom stereocenters. The monoisotopic (exact) mass is 387 g/mol. The number of nitrogens with one attached hydrogen (secondary N) is 2. The van der Waals surface area contributed by atoms with Crippen LogP contribution in [0.5, 0.6) is 0 Å². The minimum Gasteiger partial charge on any atom is -0.339 e. The number of benzene rings is 2. The summed E-state index contributed by atoms with van der Waals surface area (Å²) in [6.45, 7) is 2.72. The van der Waals surface area contributed by atoms with E-state index in [2.05, 4.69) is 32.7 Å². The Hall–Kier alpha value is -3.74. The maximum absolute atomic E-state index is 12.8. The zero-order valence-electron chi connectivity index (χ0n) is 16.1. The summed E-state index contributed by atoms with van der Waals surface area (Å²) in [5.74, 6) is 0.266. The van der Waals surface area contributed by atoms with E-state index in [0.29, 0.717) is 30.3 Å². The number of hydrogen-bond acceptors (Lipinski definition) is 5. The first-order chi connectivity index (χ1) is 14.1. The van der Waals surface area contributed by atoms with Gasteiger partial charge in [-0.25, -0.2) is 9.97 Å². The molecule has 7 heteroatoms. The third-order valence-corrected chi connectivity index (χ3v) is 4.74. The molecule has 0 saturated heterocycles. The van der Waals surface area contributed by atoms with Gasteiger partial charge in [-0.15, -0.1) is 0 Å². The Morgan fingerprint density at radius 1 is 0.966 bits per heavy atom. The first-order valence-corrected chi connectivity index (χ1v) is 9.41. The molecule has 1 aliphatic rings. The third-order valence-electron chi connectivity index (χ3n) is 4.74. The first-order valence-electron chi connectivity index (χ1n) is 9.41. The first kappa shape index (κ1) is 18.6. The molecule has 4 rings (SSSR count). The summed E-state index contributed by atoms with van der Waals surface area (Å²) in [6, 6.07) is 15.5. The van der Waals surface area contributed by atoms with Gasteiger partial charge in [-0.1, -0.05) is 30.3 Å². The molecule has 2 amide bonds. The van der Waals surface area contributed by atoms with Crippen LogP contribution >= 0.6 is 0 Å². The molecule has 7 nitrogen and oxygen atoms in total. The zero-order valence-corrected chi connectivity index (χ0v) is 16.1. The Bertz CT molecular complexity index is 1050. The van der Waals surface area contributed by atoms with Gasteiger partial charge in [0.1, 0.15) is 11.5 Å². The minimum atomic E-state index is -0.134. The lowest BCUT2D eigenvalue weighted by Crippen LogP contribution is -2.36. The lowest BCUT2D eigenvalue weighted by molar-refractivity contribution is -0.114. The van der Waals surface area contributed by atoms with Gasteiger partial charge in [0.25, 0.3) is 5.91 Å². The highest BCUT2D eigenvalue weighted by molar-refractivity contribution is 5.92. The molecule has 0 bridgehead atoms. The maximum Gasteiger partial charge on any atom is 0.274 e. The molecule has 0 fully saturated rings. The average Bonchev–Trinajstić information content (AvgIpc) is 2.73. The molecule has 2 N–H and O–H groups in total. The summed E-state index contributed by atoms with van der Waals surface area (Å²) in [6.07, 6.45) is 3.87. The number of amides is 2. The molecule has 0 spiro atoms. The quantitative estimate of drug-likeness (QED) is 0.717. The third kappa shape index (κ3) is 4.40. The minimum absolute atomic E-state index is 0.119. The van der Waals surface area contributed by atoms with Crippen LogP contribution in [0.15, 0.2) is 60.9 Å².